The van der Waals surface area contributed by atoms with Gasteiger partial charge >= 0.3 is 0 Å². The molecule has 1 amide bonds. The third-order valence-electron chi connectivity index (χ3n) is 4.49. The number of aliphatic hydroxyl groups excluding tert-OH is 1. The fourth-order valence-corrected chi connectivity index (χ4v) is 3.02. The molecule has 6 nitrogen and oxygen atoms in total. The zero-order valence-corrected chi connectivity index (χ0v) is 15.1. The Bertz CT molecular complexity index is 888. The Labute approximate surface area is 162 Å². The van der Waals surface area contributed by atoms with Crippen molar-refractivity contribution in [1.82, 2.24) is 5.32 Å². The van der Waals surface area contributed by atoms with E-state index in [0.29, 0.717) is 5.56 Å². The summed E-state index contributed by atoms with van der Waals surface area (Å²) in [5.74, 6) is -0.718. The van der Waals surface area contributed by atoms with Crippen LogP contribution in [0.15, 0.2) is 84.9 Å². The van der Waals surface area contributed by atoms with Gasteiger partial charge in [-0.05, 0) is 28.8 Å². The molecule has 0 aliphatic carbocycles. The molecule has 0 radical (unpaired) electrons. The molecule has 142 valence electrons. The van der Waals surface area contributed by atoms with E-state index >= 15 is 0 Å². The Kier molecular flexibility index (Phi) is 6.14. The molecular weight excluding hydrogens is 356 g/mol. The molecule has 0 saturated heterocycles. The van der Waals surface area contributed by atoms with E-state index < -0.39 is 16.9 Å². The number of benzene rings is 3. The zero-order valence-electron chi connectivity index (χ0n) is 15.1. The maximum absolute atomic E-state index is 12.9. The van der Waals surface area contributed by atoms with Gasteiger partial charge in [0.2, 0.25) is 5.91 Å². The number of carbonyl (C=O) groups excluding carboxylic acids is 1. The van der Waals surface area contributed by atoms with E-state index in [2.05, 4.69) is 5.32 Å². The van der Waals surface area contributed by atoms with Crippen molar-refractivity contribution in [2.24, 2.45) is 0 Å². The number of nitrogens with zero attached hydrogens (tertiary/aromatic N) is 1. The Morgan fingerprint density at radius 3 is 1.82 bits per heavy atom. The van der Waals surface area contributed by atoms with Gasteiger partial charge in [-0.1, -0.05) is 60.7 Å². The number of hydrogen-bond donors (Lipinski definition) is 2. The molecule has 0 spiro atoms. The number of rotatable bonds is 7. The van der Waals surface area contributed by atoms with Crippen molar-refractivity contribution in [3.63, 3.8) is 0 Å². The van der Waals surface area contributed by atoms with Crippen molar-refractivity contribution in [2.45, 2.75) is 12.0 Å². The zero-order chi connectivity index (χ0) is 19.9. The molecule has 0 aromatic heterocycles. The van der Waals surface area contributed by atoms with E-state index in [1.807, 2.05) is 60.7 Å². The first kappa shape index (κ1) is 19.3. The fourth-order valence-electron chi connectivity index (χ4n) is 3.02. The smallest absolute Gasteiger partial charge is 0.269 e. The number of hydrogen-bond acceptors (Lipinski definition) is 4. The Morgan fingerprint density at radius 2 is 1.36 bits per heavy atom. The predicted octanol–water partition coefficient (Wildman–Crippen LogP) is 3.58. The van der Waals surface area contributed by atoms with Crippen LogP contribution in [0.3, 0.4) is 0 Å². The van der Waals surface area contributed by atoms with Crippen molar-refractivity contribution in [3.05, 3.63) is 112 Å². The quantitative estimate of drug-likeness (QED) is 0.487. The highest BCUT2D eigenvalue weighted by atomic mass is 16.6. The molecule has 0 fully saturated rings. The molecule has 3 aromatic rings. The summed E-state index contributed by atoms with van der Waals surface area (Å²) in [4.78, 5) is 23.1. The number of carbonyl (C=O) groups is 1. The van der Waals surface area contributed by atoms with Gasteiger partial charge in [0.15, 0.2) is 0 Å². The summed E-state index contributed by atoms with van der Waals surface area (Å²) < 4.78 is 0. The number of amides is 1. The number of aliphatic hydroxyl groups is 1. The topological polar surface area (TPSA) is 92.5 Å². The number of non-ortho nitro benzene ring substituents is 1. The lowest BCUT2D eigenvalue weighted by Crippen LogP contribution is -2.33. The van der Waals surface area contributed by atoms with Gasteiger partial charge in [0.25, 0.3) is 5.69 Å². The van der Waals surface area contributed by atoms with Gasteiger partial charge in [-0.15, -0.1) is 0 Å². The largest absolute Gasteiger partial charge is 0.387 e. The minimum Gasteiger partial charge on any atom is -0.387 e. The van der Waals surface area contributed by atoms with Gasteiger partial charge in [-0.25, -0.2) is 0 Å². The van der Waals surface area contributed by atoms with Crippen LogP contribution in [0.2, 0.25) is 0 Å². The fraction of sp³-hybridized carbons (Fsp3) is 0.136. The lowest BCUT2D eigenvalue weighted by atomic mass is 9.90. The lowest BCUT2D eigenvalue weighted by Gasteiger charge is -2.19. The molecule has 0 heterocycles. The third kappa shape index (κ3) is 4.61. The summed E-state index contributed by atoms with van der Waals surface area (Å²) in [5.41, 5.74) is 2.17. The number of nitrogens with one attached hydrogen (secondary N) is 1. The van der Waals surface area contributed by atoms with Gasteiger partial charge in [-0.2, -0.15) is 0 Å². The van der Waals surface area contributed by atoms with Crippen molar-refractivity contribution < 1.29 is 14.8 Å². The average molecular weight is 376 g/mol. The molecule has 0 aliphatic rings. The second-order valence-electron chi connectivity index (χ2n) is 6.36. The van der Waals surface area contributed by atoms with Crippen molar-refractivity contribution in [2.75, 3.05) is 6.54 Å². The summed E-state index contributed by atoms with van der Waals surface area (Å²) in [5, 5.41) is 23.9. The average Bonchev–Trinajstić information content (AvgIpc) is 2.74. The van der Waals surface area contributed by atoms with Crippen molar-refractivity contribution in [3.8, 4) is 0 Å². The molecule has 6 heteroatoms. The minimum absolute atomic E-state index is 0.00676. The molecular formula is C22H20N2O4. The van der Waals surface area contributed by atoms with Gasteiger partial charge in [0.05, 0.1) is 16.9 Å². The number of nitro benzene ring substituents is 1. The molecule has 3 rings (SSSR count). The molecule has 0 unspecified atom stereocenters. The van der Waals surface area contributed by atoms with Crippen molar-refractivity contribution >= 4 is 11.6 Å². The van der Waals surface area contributed by atoms with E-state index in [-0.39, 0.29) is 18.1 Å². The summed E-state index contributed by atoms with van der Waals surface area (Å²) in [6, 6.07) is 24.5. The summed E-state index contributed by atoms with van der Waals surface area (Å²) >= 11 is 0. The second-order valence-corrected chi connectivity index (χ2v) is 6.36. The first-order chi connectivity index (χ1) is 13.6. The van der Waals surface area contributed by atoms with Crippen LogP contribution in [-0.2, 0) is 4.79 Å². The van der Waals surface area contributed by atoms with Crippen LogP contribution < -0.4 is 5.32 Å². The normalized spacial score (nSPS) is 11.8. The van der Waals surface area contributed by atoms with Crippen LogP contribution in [-0.4, -0.2) is 22.5 Å². The highest BCUT2D eigenvalue weighted by molar-refractivity contribution is 5.87. The lowest BCUT2D eigenvalue weighted by molar-refractivity contribution is -0.384. The molecule has 0 saturated carbocycles. The molecule has 1 atom stereocenters. The monoisotopic (exact) mass is 376 g/mol. The van der Waals surface area contributed by atoms with Crippen LogP contribution in [0.4, 0.5) is 5.69 Å². The maximum Gasteiger partial charge on any atom is 0.269 e. The van der Waals surface area contributed by atoms with Gasteiger partial charge in [0, 0.05) is 18.7 Å². The highest BCUT2D eigenvalue weighted by Crippen LogP contribution is 2.25. The molecule has 0 bridgehead atoms. The first-order valence-corrected chi connectivity index (χ1v) is 8.86. The summed E-state index contributed by atoms with van der Waals surface area (Å²) in [6.45, 7) is 0.00676. The standard InChI is InChI=1S/C22H20N2O4/c25-20(16-11-13-19(14-12-16)24(27)28)15-23-22(26)21(17-7-3-1-4-8-17)18-9-5-2-6-10-18/h1-14,20-21,25H,15H2,(H,23,26)/t20-/m1/s1. The SMILES string of the molecule is O=C(NC[C@@H](O)c1ccc([N+](=O)[O-])cc1)C(c1ccccc1)c1ccccc1. The van der Waals surface area contributed by atoms with Crippen molar-refractivity contribution in [1.29, 1.82) is 0 Å². The molecule has 2 N–H and O–H groups in total. The van der Waals surface area contributed by atoms with Gasteiger partial charge < -0.3 is 10.4 Å². The second kappa shape index (κ2) is 8.92. The van der Waals surface area contributed by atoms with Crippen LogP contribution in [0, 0.1) is 10.1 Å². The van der Waals surface area contributed by atoms with Gasteiger partial charge in [0.1, 0.15) is 0 Å². The molecule has 3 aromatic carbocycles. The van der Waals surface area contributed by atoms with E-state index in [1.54, 1.807) is 0 Å². The Hall–Kier alpha value is -3.51. The van der Waals surface area contributed by atoms with Crippen LogP contribution in [0.25, 0.3) is 0 Å². The van der Waals surface area contributed by atoms with E-state index in [1.165, 1.54) is 24.3 Å². The summed E-state index contributed by atoms with van der Waals surface area (Å²) in [6.07, 6.45) is -0.961. The molecule has 28 heavy (non-hydrogen) atoms. The van der Waals surface area contributed by atoms with Crippen LogP contribution in [0.1, 0.15) is 28.7 Å². The number of nitro groups is 1. The first-order valence-electron chi connectivity index (χ1n) is 8.86. The Balaban J connectivity index is 1.72. The minimum atomic E-state index is -0.961. The maximum atomic E-state index is 12.9. The predicted molar refractivity (Wildman–Crippen MR) is 106 cm³/mol. The van der Waals surface area contributed by atoms with E-state index in [4.69, 9.17) is 0 Å². The Morgan fingerprint density at radius 1 is 0.857 bits per heavy atom. The van der Waals surface area contributed by atoms with E-state index in [9.17, 15) is 20.0 Å². The van der Waals surface area contributed by atoms with E-state index in [0.717, 1.165) is 11.1 Å². The van der Waals surface area contributed by atoms with Crippen LogP contribution >= 0.6 is 0 Å². The highest BCUT2D eigenvalue weighted by Gasteiger charge is 2.23. The summed E-state index contributed by atoms with van der Waals surface area (Å²) in [7, 11) is 0. The molecule has 0 aliphatic heterocycles. The van der Waals surface area contributed by atoms with Crippen LogP contribution in [0.5, 0.6) is 0 Å². The van der Waals surface area contributed by atoms with Gasteiger partial charge in [-0.3, -0.25) is 14.9 Å². The third-order valence-corrected chi connectivity index (χ3v) is 4.49.